The Labute approximate surface area is 158 Å². The van der Waals surface area contributed by atoms with Crippen LogP contribution in [0.15, 0.2) is 34.7 Å². The Bertz CT molecular complexity index is 836. The molecule has 1 aromatic heterocycles. The Morgan fingerprint density at radius 1 is 1.07 bits per heavy atom. The summed E-state index contributed by atoms with van der Waals surface area (Å²) >= 11 is 0. The molecule has 2 fully saturated rings. The molecule has 1 aliphatic carbocycles. The molecule has 0 N–H and O–H groups in total. The van der Waals surface area contributed by atoms with Crippen LogP contribution in [0.25, 0.3) is 0 Å². The summed E-state index contributed by atoms with van der Waals surface area (Å²) in [6.07, 6.45) is 4.60. The SMILES string of the molecule is O=C(c1ccc(CN2CCCC2)o1)N(Cc1ccc2c(c1)OCO2)C1CC1. The van der Waals surface area contributed by atoms with Crippen molar-refractivity contribution in [1.82, 2.24) is 9.80 Å². The van der Waals surface area contributed by atoms with Gasteiger partial charge in [0, 0.05) is 12.6 Å². The van der Waals surface area contributed by atoms with Gasteiger partial charge in [0.15, 0.2) is 17.3 Å². The van der Waals surface area contributed by atoms with Crippen LogP contribution in [0, 0.1) is 0 Å². The van der Waals surface area contributed by atoms with Crippen LogP contribution in [-0.2, 0) is 13.1 Å². The van der Waals surface area contributed by atoms with Gasteiger partial charge >= 0.3 is 0 Å². The number of nitrogens with zero attached hydrogens (tertiary/aromatic N) is 2. The molecule has 2 aliphatic heterocycles. The molecule has 1 aromatic carbocycles. The van der Waals surface area contributed by atoms with E-state index < -0.39 is 0 Å². The van der Waals surface area contributed by atoms with Crippen LogP contribution in [0.3, 0.4) is 0 Å². The van der Waals surface area contributed by atoms with E-state index in [1.165, 1.54) is 12.8 Å². The van der Waals surface area contributed by atoms with Crippen molar-refractivity contribution in [3.8, 4) is 11.5 Å². The minimum Gasteiger partial charge on any atom is -0.455 e. The number of ether oxygens (including phenoxy) is 2. The van der Waals surface area contributed by atoms with E-state index in [9.17, 15) is 4.79 Å². The Morgan fingerprint density at radius 3 is 2.70 bits per heavy atom. The lowest BCUT2D eigenvalue weighted by Crippen LogP contribution is -2.32. The number of carbonyl (C=O) groups is 1. The first-order valence-corrected chi connectivity index (χ1v) is 9.77. The van der Waals surface area contributed by atoms with Gasteiger partial charge in [0.2, 0.25) is 6.79 Å². The zero-order chi connectivity index (χ0) is 18.2. The third-order valence-corrected chi connectivity index (χ3v) is 5.49. The summed E-state index contributed by atoms with van der Waals surface area (Å²) in [4.78, 5) is 17.4. The summed E-state index contributed by atoms with van der Waals surface area (Å²) in [5, 5.41) is 0. The summed E-state index contributed by atoms with van der Waals surface area (Å²) in [6.45, 7) is 3.84. The Morgan fingerprint density at radius 2 is 1.89 bits per heavy atom. The van der Waals surface area contributed by atoms with E-state index in [4.69, 9.17) is 13.9 Å². The molecule has 0 spiro atoms. The number of amides is 1. The lowest BCUT2D eigenvalue weighted by Gasteiger charge is -2.21. The van der Waals surface area contributed by atoms with E-state index in [2.05, 4.69) is 4.90 Å². The summed E-state index contributed by atoms with van der Waals surface area (Å²) in [6, 6.07) is 9.94. The maximum atomic E-state index is 13.1. The van der Waals surface area contributed by atoms with Gasteiger partial charge in [-0.05, 0) is 68.6 Å². The first-order valence-electron chi connectivity index (χ1n) is 9.77. The predicted octanol–water partition coefficient (Wildman–Crippen LogP) is 3.41. The van der Waals surface area contributed by atoms with E-state index in [0.717, 1.165) is 55.3 Å². The average Bonchev–Trinajstić information content (AvgIpc) is 3.06. The first-order chi connectivity index (χ1) is 13.3. The van der Waals surface area contributed by atoms with Crippen molar-refractivity contribution < 1.29 is 18.7 Å². The standard InChI is InChI=1S/C21H24N2O4/c24-21(19-8-6-17(27-19)13-22-9-1-2-10-22)23(16-4-5-16)12-15-3-7-18-20(11-15)26-14-25-18/h3,6-8,11,16H,1-2,4-5,9-10,12-14H2. The van der Waals surface area contributed by atoms with Crippen LogP contribution in [0.4, 0.5) is 0 Å². The maximum absolute atomic E-state index is 13.1. The van der Waals surface area contributed by atoms with Crippen molar-refractivity contribution in [2.45, 2.75) is 44.8 Å². The predicted molar refractivity (Wildman–Crippen MR) is 98.7 cm³/mol. The molecule has 27 heavy (non-hydrogen) atoms. The highest BCUT2D eigenvalue weighted by molar-refractivity contribution is 5.92. The van der Waals surface area contributed by atoms with Crippen LogP contribution >= 0.6 is 0 Å². The molecular weight excluding hydrogens is 344 g/mol. The molecule has 0 unspecified atom stereocenters. The molecule has 6 heteroatoms. The number of benzene rings is 1. The Kier molecular flexibility index (Phi) is 4.28. The number of rotatable bonds is 6. The summed E-state index contributed by atoms with van der Waals surface area (Å²) < 4.78 is 16.7. The van der Waals surface area contributed by atoms with E-state index in [1.807, 2.05) is 35.2 Å². The van der Waals surface area contributed by atoms with Crippen LogP contribution < -0.4 is 9.47 Å². The molecule has 1 saturated heterocycles. The van der Waals surface area contributed by atoms with E-state index in [-0.39, 0.29) is 12.7 Å². The first kappa shape index (κ1) is 16.7. The fourth-order valence-corrected chi connectivity index (χ4v) is 3.87. The molecule has 2 aromatic rings. The van der Waals surface area contributed by atoms with Crippen molar-refractivity contribution in [3.05, 3.63) is 47.4 Å². The average molecular weight is 368 g/mol. The van der Waals surface area contributed by atoms with E-state index in [1.54, 1.807) is 0 Å². The number of furan rings is 1. The lowest BCUT2D eigenvalue weighted by molar-refractivity contribution is 0.0693. The van der Waals surface area contributed by atoms with Crippen molar-refractivity contribution in [1.29, 1.82) is 0 Å². The molecule has 1 amide bonds. The molecule has 3 aliphatic rings. The fraction of sp³-hybridized carbons (Fsp3) is 0.476. The van der Waals surface area contributed by atoms with Crippen molar-refractivity contribution in [2.24, 2.45) is 0 Å². The topological polar surface area (TPSA) is 55.2 Å². The van der Waals surface area contributed by atoms with E-state index in [0.29, 0.717) is 18.3 Å². The highest BCUT2D eigenvalue weighted by Crippen LogP contribution is 2.35. The molecule has 1 saturated carbocycles. The third kappa shape index (κ3) is 3.54. The van der Waals surface area contributed by atoms with Crippen LogP contribution in [0.2, 0.25) is 0 Å². The molecule has 3 heterocycles. The summed E-state index contributed by atoms with van der Waals surface area (Å²) in [5.41, 5.74) is 1.04. The minimum absolute atomic E-state index is 0.0251. The summed E-state index contributed by atoms with van der Waals surface area (Å²) in [7, 11) is 0. The lowest BCUT2D eigenvalue weighted by atomic mass is 10.2. The van der Waals surface area contributed by atoms with Gasteiger partial charge in [0.25, 0.3) is 5.91 Å². The molecule has 142 valence electrons. The number of hydrogen-bond donors (Lipinski definition) is 0. The number of fused-ring (bicyclic) bond motifs is 1. The monoisotopic (exact) mass is 368 g/mol. The Hall–Kier alpha value is -2.47. The zero-order valence-electron chi connectivity index (χ0n) is 15.4. The molecule has 0 radical (unpaired) electrons. The smallest absolute Gasteiger partial charge is 0.290 e. The molecule has 5 rings (SSSR count). The van der Waals surface area contributed by atoms with Gasteiger partial charge in [0.05, 0.1) is 6.54 Å². The van der Waals surface area contributed by atoms with Crippen molar-refractivity contribution in [3.63, 3.8) is 0 Å². The second-order valence-corrected chi connectivity index (χ2v) is 7.60. The zero-order valence-corrected chi connectivity index (χ0v) is 15.4. The minimum atomic E-state index is -0.0251. The second-order valence-electron chi connectivity index (χ2n) is 7.60. The third-order valence-electron chi connectivity index (χ3n) is 5.49. The molecular formula is C21H24N2O4. The second kappa shape index (κ2) is 6.93. The number of carbonyl (C=O) groups excluding carboxylic acids is 1. The van der Waals surface area contributed by atoms with Crippen molar-refractivity contribution in [2.75, 3.05) is 19.9 Å². The normalized spacial score (nSPS) is 18.8. The quantitative estimate of drug-likeness (QED) is 0.782. The number of hydrogen-bond acceptors (Lipinski definition) is 5. The van der Waals surface area contributed by atoms with Gasteiger partial charge in [-0.25, -0.2) is 0 Å². The van der Waals surface area contributed by atoms with E-state index >= 15 is 0 Å². The fourth-order valence-electron chi connectivity index (χ4n) is 3.87. The van der Waals surface area contributed by atoms with Crippen LogP contribution in [0.1, 0.15) is 47.6 Å². The highest BCUT2D eigenvalue weighted by atomic mass is 16.7. The van der Waals surface area contributed by atoms with Gasteiger partial charge in [-0.2, -0.15) is 0 Å². The van der Waals surface area contributed by atoms with Crippen LogP contribution in [0.5, 0.6) is 11.5 Å². The number of likely N-dealkylation sites (tertiary alicyclic amines) is 1. The van der Waals surface area contributed by atoms with Crippen molar-refractivity contribution >= 4 is 5.91 Å². The molecule has 0 bridgehead atoms. The van der Waals surface area contributed by atoms with Gasteiger partial charge in [-0.15, -0.1) is 0 Å². The van der Waals surface area contributed by atoms with Gasteiger partial charge in [-0.3, -0.25) is 9.69 Å². The summed E-state index contributed by atoms with van der Waals surface area (Å²) in [5.74, 6) is 2.81. The maximum Gasteiger partial charge on any atom is 0.290 e. The molecule has 6 nitrogen and oxygen atoms in total. The van der Waals surface area contributed by atoms with Gasteiger partial charge in [-0.1, -0.05) is 6.07 Å². The molecule has 0 atom stereocenters. The van der Waals surface area contributed by atoms with Crippen LogP contribution in [-0.4, -0.2) is 41.6 Å². The Balaban J connectivity index is 1.30. The largest absolute Gasteiger partial charge is 0.455 e. The van der Waals surface area contributed by atoms with Gasteiger partial charge < -0.3 is 18.8 Å². The highest BCUT2D eigenvalue weighted by Gasteiger charge is 2.34. The van der Waals surface area contributed by atoms with Gasteiger partial charge in [0.1, 0.15) is 5.76 Å².